The van der Waals surface area contributed by atoms with E-state index in [1.165, 1.54) is 0 Å². The van der Waals surface area contributed by atoms with E-state index in [0.717, 1.165) is 27.9 Å². The highest BCUT2D eigenvalue weighted by Crippen LogP contribution is 2.27. The van der Waals surface area contributed by atoms with Crippen LogP contribution in [0.25, 0.3) is 11.0 Å². The van der Waals surface area contributed by atoms with Crippen LogP contribution in [0.1, 0.15) is 11.1 Å². The summed E-state index contributed by atoms with van der Waals surface area (Å²) >= 11 is 0. The minimum absolute atomic E-state index is 0.491. The first-order valence-electron chi connectivity index (χ1n) is 6.40. The molecule has 0 aliphatic carbocycles. The zero-order valence-electron chi connectivity index (χ0n) is 11.4. The Kier molecular flexibility index (Phi) is 2.99. The molecule has 0 unspecified atom stereocenters. The summed E-state index contributed by atoms with van der Waals surface area (Å²) in [6.07, 6.45) is 1.71. The topological polar surface area (TPSA) is 61.0 Å². The van der Waals surface area contributed by atoms with Crippen LogP contribution in [0.2, 0.25) is 0 Å². The Hall–Kier alpha value is -2.62. The highest BCUT2D eigenvalue weighted by Gasteiger charge is 2.06. The number of fused-ring (bicyclic) bond motifs is 1. The van der Waals surface area contributed by atoms with Gasteiger partial charge in [0.15, 0.2) is 0 Å². The van der Waals surface area contributed by atoms with Gasteiger partial charge in [0, 0.05) is 6.07 Å². The largest absolute Gasteiger partial charge is 0.455 e. The van der Waals surface area contributed by atoms with Crippen molar-refractivity contribution in [2.75, 3.05) is 5.73 Å². The normalized spacial score (nSPS) is 10.7. The van der Waals surface area contributed by atoms with E-state index in [-0.39, 0.29) is 0 Å². The van der Waals surface area contributed by atoms with Gasteiger partial charge in [0.1, 0.15) is 17.3 Å². The van der Waals surface area contributed by atoms with Gasteiger partial charge in [0.25, 0.3) is 0 Å². The van der Waals surface area contributed by atoms with Crippen LogP contribution in [-0.4, -0.2) is 9.97 Å². The number of para-hydroxylation sites is 1. The zero-order chi connectivity index (χ0) is 14.1. The summed E-state index contributed by atoms with van der Waals surface area (Å²) in [6, 6.07) is 11.5. The first-order valence-corrected chi connectivity index (χ1v) is 6.40. The summed E-state index contributed by atoms with van der Waals surface area (Å²) in [5, 5.41) is 0. The van der Waals surface area contributed by atoms with E-state index in [9.17, 15) is 0 Å². The maximum Gasteiger partial charge on any atom is 0.147 e. The first kappa shape index (κ1) is 12.4. The molecule has 100 valence electrons. The van der Waals surface area contributed by atoms with Crippen LogP contribution in [0.3, 0.4) is 0 Å². The Balaban J connectivity index is 2.03. The smallest absolute Gasteiger partial charge is 0.147 e. The van der Waals surface area contributed by atoms with Crippen LogP contribution in [-0.2, 0) is 0 Å². The van der Waals surface area contributed by atoms with Crippen LogP contribution in [0, 0.1) is 13.8 Å². The second-order valence-electron chi connectivity index (χ2n) is 4.77. The molecular weight excluding hydrogens is 250 g/mol. The van der Waals surface area contributed by atoms with Gasteiger partial charge in [-0.25, -0.2) is 4.98 Å². The van der Waals surface area contributed by atoms with E-state index in [1.807, 2.05) is 50.2 Å². The van der Waals surface area contributed by atoms with Crippen molar-refractivity contribution < 1.29 is 4.74 Å². The summed E-state index contributed by atoms with van der Waals surface area (Å²) in [5.74, 6) is 1.96. The number of nitrogens with zero attached hydrogens (tertiary/aromatic N) is 2. The van der Waals surface area contributed by atoms with Crippen LogP contribution >= 0.6 is 0 Å². The summed E-state index contributed by atoms with van der Waals surface area (Å²) in [5.41, 5.74) is 9.44. The van der Waals surface area contributed by atoms with Gasteiger partial charge in [-0.05, 0) is 37.1 Å². The molecular formula is C16H15N3O. The Morgan fingerprint density at radius 1 is 1.05 bits per heavy atom. The van der Waals surface area contributed by atoms with Crippen LogP contribution in [0.5, 0.6) is 11.5 Å². The van der Waals surface area contributed by atoms with Crippen LogP contribution in [0.4, 0.5) is 5.82 Å². The predicted octanol–water partition coefficient (Wildman–Crippen LogP) is 3.62. The van der Waals surface area contributed by atoms with Crippen molar-refractivity contribution in [2.45, 2.75) is 13.8 Å². The van der Waals surface area contributed by atoms with Gasteiger partial charge in [-0.1, -0.05) is 18.2 Å². The Bertz CT molecular complexity index is 784. The third-order valence-corrected chi connectivity index (χ3v) is 3.15. The fourth-order valence-corrected chi connectivity index (χ4v) is 2.14. The lowest BCUT2D eigenvalue weighted by atomic mass is 10.2. The molecule has 3 aromatic rings. The van der Waals surface area contributed by atoms with Gasteiger partial charge in [0.05, 0.1) is 17.2 Å². The van der Waals surface area contributed by atoms with Crippen LogP contribution in [0.15, 0.2) is 42.6 Å². The van der Waals surface area contributed by atoms with E-state index in [1.54, 1.807) is 6.20 Å². The van der Waals surface area contributed by atoms with Gasteiger partial charge in [0.2, 0.25) is 0 Å². The maximum atomic E-state index is 5.85. The lowest BCUT2D eigenvalue weighted by Gasteiger charge is -2.09. The Labute approximate surface area is 117 Å². The molecule has 0 amide bonds. The molecule has 2 heterocycles. The second-order valence-corrected chi connectivity index (χ2v) is 4.77. The summed E-state index contributed by atoms with van der Waals surface area (Å²) < 4.78 is 5.85. The number of benzene rings is 1. The van der Waals surface area contributed by atoms with E-state index in [2.05, 4.69) is 9.97 Å². The van der Waals surface area contributed by atoms with Crippen molar-refractivity contribution in [3.63, 3.8) is 0 Å². The first-order chi connectivity index (χ1) is 9.63. The number of hydrogen-bond acceptors (Lipinski definition) is 4. The number of anilines is 1. The van der Waals surface area contributed by atoms with E-state index in [4.69, 9.17) is 10.5 Å². The average molecular weight is 265 g/mol. The van der Waals surface area contributed by atoms with Gasteiger partial charge in [-0.15, -0.1) is 0 Å². The fourth-order valence-electron chi connectivity index (χ4n) is 2.14. The third kappa shape index (κ3) is 2.28. The quantitative estimate of drug-likeness (QED) is 0.768. The number of nitrogens with two attached hydrogens (primary N) is 1. The van der Waals surface area contributed by atoms with Crippen molar-refractivity contribution in [3.8, 4) is 11.5 Å². The molecule has 4 nitrogen and oxygen atoms in total. The molecule has 1 aromatic carbocycles. The molecule has 0 atom stereocenters. The molecule has 3 rings (SSSR count). The second kappa shape index (κ2) is 4.81. The van der Waals surface area contributed by atoms with E-state index >= 15 is 0 Å². The molecule has 0 saturated heterocycles. The average Bonchev–Trinajstić information content (AvgIpc) is 2.41. The van der Waals surface area contributed by atoms with Crippen molar-refractivity contribution in [3.05, 3.63) is 53.7 Å². The SMILES string of the molecule is Cc1ccccc1Oc1cnc2c(C)cc(N)nc2c1. The highest BCUT2D eigenvalue weighted by atomic mass is 16.5. The molecule has 0 bridgehead atoms. The molecule has 0 radical (unpaired) electrons. The van der Waals surface area contributed by atoms with Gasteiger partial charge < -0.3 is 10.5 Å². The van der Waals surface area contributed by atoms with E-state index < -0.39 is 0 Å². The fraction of sp³-hybridized carbons (Fsp3) is 0.125. The highest BCUT2D eigenvalue weighted by molar-refractivity contribution is 5.80. The molecule has 0 fully saturated rings. The molecule has 0 aliphatic rings. The molecule has 2 N–H and O–H groups in total. The lowest BCUT2D eigenvalue weighted by Crippen LogP contribution is -1.95. The molecule has 2 aromatic heterocycles. The standard InChI is InChI=1S/C16H15N3O/c1-10-5-3-4-6-14(10)20-12-8-13-16(18-9-12)11(2)7-15(17)19-13/h3-9H,1-2H3,(H2,17,19). The van der Waals surface area contributed by atoms with Crippen LogP contribution < -0.4 is 10.5 Å². The Morgan fingerprint density at radius 3 is 2.65 bits per heavy atom. The molecule has 0 saturated carbocycles. The molecule has 4 heteroatoms. The number of ether oxygens (including phenoxy) is 1. The van der Waals surface area contributed by atoms with Crippen molar-refractivity contribution >= 4 is 16.9 Å². The maximum absolute atomic E-state index is 5.85. The predicted molar refractivity (Wildman–Crippen MR) is 79.9 cm³/mol. The molecule has 0 aliphatic heterocycles. The monoisotopic (exact) mass is 265 g/mol. The summed E-state index contributed by atoms with van der Waals surface area (Å²) in [6.45, 7) is 3.97. The number of pyridine rings is 2. The van der Waals surface area contributed by atoms with Crippen molar-refractivity contribution in [1.29, 1.82) is 0 Å². The van der Waals surface area contributed by atoms with Gasteiger partial charge in [-0.3, -0.25) is 4.98 Å². The number of rotatable bonds is 2. The number of aromatic nitrogens is 2. The Morgan fingerprint density at radius 2 is 1.85 bits per heavy atom. The zero-order valence-corrected chi connectivity index (χ0v) is 11.4. The van der Waals surface area contributed by atoms with Gasteiger partial charge in [-0.2, -0.15) is 0 Å². The molecule has 0 spiro atoms. The minimum Gasteiger partial charge on any atom is -0.455 e. The minimum atomic E-state index is 0.491. The lowest BCUT2D eigenvalue weighted by molar-refractivity contribution is 0.477. The summed E-state index contributed by atoms with van der Waals surface area (Å²) in [4.78, 5) is 8.70. The van der Waals surface area contributed by atoms with E-state index in [0.29, 0.717) is 11.6 Å². The number of hydrogen-bond donors (Lipinski definition) is 1. The van der Waals surface area contributed by atoms with Gasteiger partial charge >= 0.3 is 0 Å². The van der Waals surface area contributed by atoms with Crippen molar-refractivity contribution in [2.24, 2.45) is 0 Å². The summed E-state index contributed by atoms with van der Waals surface area (Å²) in [7, 11) is 0. The third-order valence-electron chi connectivity index (χ3n) is 3.15. The number of nitrogen functional groups attached to an aromatic ring is 1. The number of aryl methyl sites for hydroxylation is 2. The molecule has 20 heavy (non-hydrogen) atoms. The van der Waals surface area contributed by atoms with Crippen molar-refractivity contribution in [1.82, 2.24) is 9.97 Å².